The van der Waals surface area contributed by atoms with Crippen molar-refractivity contribution in [2.75, 3.05) is 6.54 Å². The Labute approximate surface area is 125 Å². The second kappa shape index (κ2) is 6.11. The van der Waals surface area contributed by atoms with E-state index in [4.69, 9.17) is 0 Å². The Morgan fingerprint density at radius 3 is 2.95 bits per heavy atom. The summed E-state index contributed by atoms with van der Waals surface area (Å²) in [6.45, 7) is 3.94. The van der Waals surface area contributed by atoms with Crippen LogP contribution in [0.15, 0.2) is 30.5 Å². The molecule has 1 aromatic heterocycles. The molecule has 1 aliphatic carbocycles. The standard InChI is InChI=1S/C17H20N4/c1-2-8-19-12-13-3-6-17(15(10-13)11-18)21-9-7-16(20-21)14-4-5-14/h3,6-7,9-10,14,19H,2,4-5,8,12H2,1H3. The van der Waals surface area contributed by atoms with Crippen molar-refractivity contribution in [1.82, 2.24) is 15.1 Å². The first-order valence-corrected chi connectivity index (χ1v) is 7.61. The lowest BCUT2D eigenvalue weighted by Crippen LogP contribution is -2.14. The molecule has 21 heavy (non-hydrogen) atoms. The van der Waals surface area contributed by atoms with Crippen LogP contribution in [0, 0.1) is 11.3 Å². The summed E-state index contributed by atoms with van der Waals surface area (Å²) >= 11 is 0. The molecule has 0 radical (unpaired) electrons. The molecule has 0 atom stereocenters. The first kappa shape index (κ1) is 13.8. The van der Waals surface area contributed by atoms with E-state index in [1.54, 1.807) is 0 Å². The van der Waals surface area contributed by atoms with Crippen LogP contribution in [-0.4, -0.2) is 16.3 Å². The summed E-state index contributed by atoms with van der Waals surface area (Å²) in [6, 6.07) is 10.4. The van der Waals surface area contributed by atoms with Crippen molar-refractivity contribution in [3.8, 4) is 11.8 Å². The Morgan fingerprint density at radius 1 is 1.38 bits per heavy atom. The molecular formula is C17H20N4. The third-order valence-corrected chi connectivity index (χ3v) is 3.79. The molecular weight excluding hydrogens is 260 g/mol. The fourth-order valence-corrected chi connectivity index (χ4v) is 2.46. The van der Waals surface area contributed by atoms with Crippen molar-refractivity contribution in [1.29, 1.82) is 5.26 Å². The van der Waals surface area contributed by atoms with Crippen molar-refractivity contribution in [2.45, 2.75) is 38.6 Å². The minimum Gasteiger partial charge on any atom is -0.313 e. The summed E-state index contributed by atoms with van der Waals surface area (Å²) in [5, 5.41) is 17.4. The van der Waals surface area contributed by atoms with Gasteiger partial charge >= 0.3 is 0 Å². The Kier molecular flexibility index (Phi) is 4.03. The number of hydrogen-bond acceptors (Lipinski definition) is 3. The highest BCUT2D eigenvalue weighted by Crippen LogP contribution is 2.39. The van der Waals surface area contributed by atoms with E-state index in [0.29, 0.717) is 11.5 Å². The van der Waals surface area contributed by atoms with Gasteiger partial charge in [-0.1, -0.05) is 13.0 Å². The van der Waals surface area contributed by atoms with E-state index in [9.17, 15) is 5.26 Å². The number of hydrogen-bond donors (Lipinski definition) is 1. The molecule has 1 aliphatic rings. The molecule has 1 saturated carbocycles. The zero-order valence-corrected chi connectivity index (χ0v) is 12.3. The average molecular weight is 280 g/mol. The molecule has 4 nitrogen and oxygen atoms in total. The number of rotatable bonds is 6. The first-order chi connectivity index (χ1) is 10.3. The Balaban J connectivity index is 1.82. The van der Waals surface area contributed by atoms with E-state index in [1.165, 1.54) is 12.8 Å². The highest BCUT2D eigenvalue weighted by Gasteiger charge is 2.26. The molecule has 0 spiro atoms. The van der Waals surface area contributed by atoms with Crippen molar-refractivity contribution in [3.05, 3.63) is 47.3 Å². The maximum Gasteiger partial charge on any atom is 0.101 e. The number of nitrogens with zero attached hydrogens (tertiary/aromatic N) is 3. The molecule has 4 heteroatoms. The molecule has 1 fully saturated rings. The van der Waals surface area contributed by atoms with Crippen LogP contribution in [0.5, 0.6) is 0 Å². The van der Waals surface area contributed by atoms with E-state index in [1.807, 2.05) is 23.0 Å². The topological polar surface area (TPSA) is 53.6 Å². The number of aromatic nitrogens is 2. The van der Waals surface area contributed by atoms with Crippen LogP contribution in [0.25, 0.3) is 5.69 Å². The van der Waals surface area contributed by atoms with Crippen LogP contribution in [0.3, 0.4) is 0 Å². The lowest BCUT2D eigenvalue weighted by molar-refractivity contribution is 0.675. The van der Waals surface area contributed by atoms with Crippen LogP contribution in [0.4, 0.5) is 0 Å². The molecule has 108 valence electrons. The smallest absolute Gasteiger partial charge is 0.101 e. The van der Waals surface area contributed by atoms with E-state index in [2.05, 4.69) is 35.5 Å². The Hall–Kier alpha value is -2.12. The number of nitrogens with one attached hydrogen (secondary N) is 1. The molecule has 2 aromatic rings. The van der Waals surface area contributed by atoms with Gasteiger partial charge in [-0.3, -0.25) is 0 Å². The zero-order valence-electron chi connectivity index (χ0n) is 12.3. The summed E-state index contributed by atoms with van der Waals surface area (Å²) < 4.78 is 1.83. The van der Waals surface area contributed by atoms with Gasteiger partial charge in [0.15, 0.2) is 0 Å². The lowest BCUT2D eigenvalue weighted by Gasteiger charge is -2.08. The largest absolute Gasteiger partial charge is 0.313 e. The van der Waals surface area contributed by atoms with Crippen molar-refractivity contribution >= 4 is 0 Å². The van der Waals surface area contributed by atoms with Gasteiger partial charge in [-0.15, -0.1) is 0 Å². The summed E-state index contributed by atoms with van der Waals surface area (Å²) in [4.78, 5) is 0. The normalized spacial score (nSPS) is 14.1. The summed E-state index contributed by atoms with van der Waals surface area (Å²) in [7, 11) is 0. The molecule has 0 unspecified atom stereocenters. The van der Waals surface area contributed by atoms with E-state index in [-0.39, 0.29) is 0 Å². The monoisotopic (exact) mass is 280 g/mol. The van der Waals surface area contributed by atoms with Gasteiger partial charge in [0, 0.05) is 18.7 Å². The highest BCUT2D eigenvalue weighted by molar-refractivity contribution is 5.50. The fourth-order valence-electron chi connectivity index (χ4n) is 2.46. The van der Waals surface area contributed by atoms with Gasteiger partial charge in [-0.2, -0.15) is 10.4 Å². The lowest BCUT2D eigenvalue weighted by atomic mass is 10.1. The van der Waals surface area contributed by atoms with Gasteiger partial charge in [0.05, 0.1) is 16.9 Å². The number of benzene rings is 1. The summed E-state index contributed by atoms with van der Waals surface area (Å²) in [5.41, 5.74) is 3.82. The van der Waals surface area contributed by atoms with Gasteiger partial charge in [0.2, 0.25) is 0 Å². The van der Waals surface area contributed by atoms with Crippen molar-refractivity contribution in [3.63, 3.8) is 0 Å². The maximum absolute atomic E-state index is 9.39. The highest BCUT2D eigenvalue weighted by atomic mass is 15.3. The second-order valence-electron chi connectivity index (χ2n) is 5.60. The fraction of sp³-hybridized carbons (Fsp3) is 0.412. The Bertz CT molecular complexity index is 662. The zero-order chi connectivity index (χ0) is 14.7. The first-order valence-electron chi connectivity index (χ1n) is 7.61. The molecule has 1 N–H and O–H groups in total. The van der Waals surface area contributed by atoms with E-state index in [0.717, 1.165) is 36.5 Å². The summed E-state index contributed by atoms with van der Waals surface area (Å²) in [5.74, 6) is 0.634. The van der Waals surface area contributed by atoms with E-state index < -0.39 is 0 Å². The van der Waals surface area contributed by atoms with Gasteiger partial charge in [0.1, 0.15) is 6.07 Å². The van der Waals surface area contributed by atoms with Crippen LogP contribution >= 0.6 is 0 Å². The van der Waals surface area contributed by atoms with Gasteiger partial charge in [-0.05, 0) is 49.6 Å². The Morgan fingerprint density at radius 2 is 2.24 bits per heavy atom. The average Bonchev–Trinajstić information content (AvgIpc) is 3.25. The molecule has 3 rings (SSSR count). The van der Waals surface area contributed by atoms with Crippen molar-refractivity contribution < 1.29 is 0 Å². The number of nitriles is 1. The third kappa shape index (κ3) is 3.14. The van der Waals surface area contributed by atoms with Crippen LogP contribution < -0.4 is 5.32 Å². The van der Waals surface area contributed by atoms with Gasteiger partial charge in [-0.25, -0.2) is 4.68 Å². The third-order valence-electron chi connectivity index (χ3n) is 3.79. The van der Waals surface area contributed by atoms with Gasteiger partial charge < -0.3 is 5.32 Å². The predicted molar refractivity (Wildman–Crippen MR) is 82.3 cm³/mol. The molecule has 1 heterocycles. The van der Waals surface area contributed by atoms with Crippen LogP contribution in [0.1, 0.15) is 48.9 Å². The SMILES string of the molecule is CCCNCc1ccc(-n2ccc(C3CC3)n2)c(C#N)c1. The quantitative estimate of drug-likeness (QED) is 0.827. The van der Waals surface area contributed by atoms with Gasteiger partial charge in [0.25, 0.3) is 0 Å². The molecule has 0 bridgehead atoms. The van der Waals surface area contributed by atoms with Crippen molar-refractivity contribution in [2.24, 2.45) is 0 Å². The van der Waals surface area contributed by atoms with Crippen LogP contribution in [-0.2, 0) is 6.54 Å². The second-order valence-corrected chi connectivity index (χ2v) is 5.60. The predicted octanol–water partition coefficient (Wildman–Crippen LogP) is 3.12. The molecule has 0 aliphatic heterocycles. The minimum atomic E-state index is 0.634. The molecule has 1 aromatic carbocycles. The molecule has 0 saturated heterocycles. The maximum atomic E-state index is 9.39. The van der Waals surface area contributed by atoms with E-state index >= 15 is 0 Å². The minimum absolute atomic E-state index is 0.634. The molecule has 0 amide bonds. The summed E-state index contributed by atoms with van der Waals surface area (Å²) in [6.07, 6.45) is 5.55. The van der Waals surface area contributed by atoms with Crippen LogP contribution in [0.2, 0.25) is 0 Å².